The SMILES string of the molecule is N=CN.[I].[Pb]. The number of nitrogens with one attached hydrogen (secondary N) is 1. The van der Waals surface area contributed by atoms with E-state index in [-0.39, 0.29) is 51.3 Å². The van der Waals surface area contributed by atoms with Gasteiger partial charge in [0.15, 0.2) is 0 Å². The van der Waals surface area contributed by atoms with Gasteiger partial charge in [-0.3, -0.25) is 5.41 Å². The number of hydrogen-bond acceptors (Lipinski definition) is 1. The van der Waals surface area contributed by atoms with Crippen LogP contribution >= 0.6 is 24.0 Å². The van der Waals surface area contributed by atoms with Gasteiger partial charge in [-0.15, -0.1) is 0 Å². The third kappa shape index (κ3) is 39.7. The Kier molecular flexibility index (Phi) is 63.7. The van der Waals surface area contributed by atoms with Crippen LogP contribution in [-0.2, 0) is 0 Å². The Morgan fingerprint density at radius 2 is 1.60 bits per heavy atom. The molecule has 5 heavy (non-hydrogen) atoms. The van der Waals surface area contributed by atoms with Gasteiger partial charge in [-0.25, -0.2) is 0 Å². The molecule has 0 unspecified atom stereocenters. The van der Waals surface area contributed by atoms with Crippen molar-refractivity contribution in [3.63, 3.8) is 0 Å². The van der Waals surface area contributed by atoms with Gasteiger partial charge in [-0.05, 0) is 0 Å². The van der Waals surface area contributed by atoms with Gasteiger partial charge < -0.3 is 5.73 Å². The summed E-state index contributed by atoms with van der Waals surface area (Å²) < 4.78 is 0. The first-order chi connectivity index (χ1) is 1.41. The first-order valence-corrected chi connectivity index (χ1v) is 0.622. The Bertz CT molecular complexity index is 17.1. The van der Waals surface area contributed by atoms with Crippen molar-refractivity contribution in [2.24, 2.45) is 5.73 Å². The number of nitrogens with two attached hydrogens (primary N) is 1. The molecule has 4 heteroatoms. The van der Waals surface area contributed by atoms with Crippen molar-refractivity contribution < 1.29 is 0 Å². The molecule has 0 saturated carbocycles. The normalized spacial score (nSPS) is 2.40. The summed E-state index contributed by atoms with van der Waals surface area (Å²) in [6.07, 6.45) is 0.750. The predicted octanol–water partition coefficient (Wildman–Crippen LogP) is 0.0571. The molecule has 0 bridgehead atoms. The van der Waals surface area contributed by atoms with E-state index in [4.69, 9.17) is 5.41 Å². The Balaban J connectivity index is -0.0000000200. The molecule has 0 aromatic carbocycles. The van der Waals surface area contributed by atoms with E-state index in [0.717, 1.165) is 6.34 Å². The molecule has 3 N–H and O–H groups in total. The smallest absolute Gasteiger partial charge is 0.0765 e. The fraction of sp³-hybridized carbons (Fsp3) is 0. The number of halogens is 1. The Morgan fingerprint density at radius 1 is 1.60 bits per heavy atom. The van der Waals surface area contributed by atoms with Gasteiger partial charge in [0.25, 0.3) is 0 Å². The molecule has 0 aromatic heterocycles. The topological polar surface area (TPSA) is 49.9 Å². The molecule has 0 aliphatic heterocycles. The van der Waals surface area contributed by atoms with Crippen LogP contribution < -0.4 is 5.73 Å². The molecule has 2 nitrogen and oxygen atoms in total. The minimum absolute atomic E-state index is 0. The zero-order valence-corrected chi connectivity index (χ0v) is 8.58. The van der Waals surface area contributed by atoms with Gasteiger partial charge >= 0.3 is 0 Å². The fourth-order valence-electron chi connectivity index (χ4n) is 0. The molecule has 0 aliphatic rings. The van der Waals surface area contributed by atoms with Crippen LogP contribution in [0.4, 0.5) is 0 Å². The first-order valence-electron chi connectivity index (χ1n) is 0.622. The van der Waals surface area contributed by atoms with E-state index in [0.29, 0.717) is 0 Å². The minimum Gasteiger partial charge on any atom is -0.390 e. The third-order valence-electron chi connectivity index (χ3n) is 0. The van der Waals surface area contributed by atoms with Crippen LogP contribution in [0.15, 0.2) is 0 Å². The molecule has 0 aliphatic carbocycles. The summed E-state index contributed by atoms with van der Waals surface area (Å²) in [4.78, 5) is 0. The van der Waals surface area contributed by atoms with Crippen molar-refractivity contribution >= 4 is 57.6 Å². The maximum absolute atomic E-state index is 5.86. The predicted molar refractivity (Wildman–Crippen MR) is 32.7 cm³/mol. The molecule has 0 spiro atoms. The van der Waals surface area contributed by atoms with Crippen molar-refractivity contribution in [1.29, 1.82) is 5.41 Å². The molecule has 0 aromatic rings. The van der Waals surface area contributed by atoms with Crippen LogP contribution in [-0.4, -0.2) is 33.6 Å². The summed E-state index contributed by atoms with van der Waals surface area (Å²) in [6.45, 7) is 0. The van der Waals surface area contributed by atoms with E-state index < -0.39 is 0 Å². The van der Waals surface area contributed by atoms with E-state index in [1.165, 1.54) is 0 Å². The van der Waals surface area contributed by atoms with E-state index in [2.05, 4.69) is 5.73 Å². The quantitative estimate of drug-likeness (QED) is 0.266. The van der Waals surface area contributed by atoms with E-state index in [9.17, 15) is 0 Å². The van der Waals surface area contributed by atoms with Crippen LogP contribution in [0.5, 0.6) is 0 Å². The molecule has 0 atom stereocenters. The molecule has 0 fully saturated rings. The van der Waals surface area contributed by atoms with Crippen LogP contribution in [0.1, 0.15) is 0 Å². The molecule has 0 rings (SSSR count). The zero-order chi connectivity index (χ0) is 2.71. The van der Waals surface area contributed by atoms with Crippen LogP contribution in [0.3, 0.4) is 0 Å². The van der Waals surface area contributed by atoms with Crippen molar-refractivity contribution in [3.05, 3.63) is 0 Å². The molecule has 0 amide bonds. The maximum atomic E-state index is 5.86. The third-order valence-corrected chi connectivity index (χ3v) is 0. The minimum atomic E-state index is 0. The summed E-state index contributed by atoms with van der Waals surface area (Å²) in [6, 6.07) is 0. The molecular formula is CH4IN2Pb. The van der Waals surface area contributed by atoms with Crippen LogP contribution in [0.2, 0.25) is 0 Å². The summed E-state index contributed by atoms with van der Waals surface area (Å²) in [5.74, 6) is 0. The van der Waals surface area contributed by atoms with Crippen molar-refractivity contribution in [1.82, 2.24) is 0 Å². The monoisotopic (exact) mass is 379 g/mol. The molecular weight excluding hydrogens is 374 g/mol. The molecule has 0 heterocycles. The Labute approximate surface area is 68.2 Å². The van der Waals surface area contributed by atoms with E-state index in [1.807, 2.05) is 0 Å². The van der Waals surface area contributed by atoms with Gasteiger partial charge in [0, 0.05) is 51.3 Å². The number of hydrogen-bond donors (Lipinski definition) is 2. The van der Waals surface area contributed by atoms with Crippen molar-refractivity contribution in [3.8, 4) is 0 Å². The number of rotatable bonds is 0. The second-order valence-corrected chi connectivity index (χ2v) is 0.167. The van der Waals surface area contributed by atoms with Gasteiger partial charge in [0.2, 0.25) is 0 Å². The second kappa shape index (κ2) is 19.3. The molecule has 0 saturated heterocycles. The summed E-state index contributed by atoms with van der Waals surface area (Å²) in [5, 5.41) is 5.86. The van der Waals surface area contributed by atoms with Crippen LogP contribution in [0.25, 0.3) is 0 Å². The van der Waals surface area contributed by atoms with Gasteiger partial charge in [-0.2, -0.15) is 0 Å². The summed E-state index contributed by atoms with van der Waals surface area (Å²) in [7, 11) is 0. The first kappa shape index (κ1) is 16.5. The van der Waals surface area contributed by atoms with Crippen molar-refractivity contribution in [2.75, 3.05) is 0 Å². The van der Waals surface area contributed by atoms with Gasteiger partial charge in [0.1, 0.15) is 0 Å². The van der Waals surface area contributed by atoms with E-state index in [1.54, 1.807) is 0 Å². The maximum Gasteiger partial charge on any atom is 0.0765 e. The average molecular weight is 378 g/mol. The summed E-state index contributed by atoms with van der Waals surface area (Å²) >= 11 is 0. The van der Waals surface area contributed by atoms with Gasteiger partial charge in [0.05, 0.1) is 6.34 Å². The Hall–Kier alpha value is 1.12. The van der Waals surface area contributed by atoms with Gasteiger partial charge in [-0.1, -0.05) is 0 Å². The zero-order valence-electron chi connectivity index (χ0n) is 2.53. The van der Waals surface area contributed by atoms with Crippen molar-refractivity contribution in [2.45, 2.75) is 0 Å². The standard InChI is InChI=1S/CH4N2.I.Pb/c2-1-3;;/h1H,(H3,2,3);;. The Morgan fingerprint density at radius 3 is 1.60 bits per heavy atom. The molecule has 5 radical (unpaired) electrons. The van der Waals surface area contributed by atoms with Crippen LogP contribution in [0, 0.1) is 5.41 Å². The summed E-state index contributed by atoms with van der Waals surface area (Å²) in [5.41, 5.74) is 4.39. The second-order valence-electron chi connectivity index (χ2n) is 0.167. The molecule has 29 valence electrons. The van der Waals surface area contributed by atoms with E-state index >= 15 is 0 Å². The largest absolute Gasteiger partial charge is 0.390 e. The average Bonchev–Trinajstić information content (AvgIpc) is 0.918. The fourth-order valence-corrected chi connectivity index (χ4v) is 0.